The van der Waals surface area contributed by atoms with Crippen LogP contribution in [0.3, 0.4) is 0 Å². The number of aliphatic hydroxyl groups excluding tert-OH is 2. The number of ether oxygens (including phenoxy) is 2. The Balaban J connectivity index is 0. The first-order valence-corrected chi connectivity index (χ1v) is 5.68. The zero-order valence-electron chi connectivity index (χ0n) is 11.3. The summed E-state index contributed by atoms with van der Waals surface area (Å²) in [5.41, 5.74) is 0.176. The SMILES string of the molecule is C=C(C)C(=O)O.CC(C)COC(O)COCCO. The molecule has 0 aliphatic heterocycles. The van der Waals surface area contributed by atoms with E-state index >= 15 is 0 Å². The number of aliphatic hydroxyl groups is 2. The van der Waals surface area contributed by atoms with Gasteiger partial charge in [0.15, 0.2) is 6.29 Å². The summed E-state index contributed by atoms with van der Waals surface area (Å²) in [5, 5.41) is 25.3. The molecule has 0 fully saturated rings. The zero-order valence-corrected chi connectivity index (χ0v) is 11.3. The molecule has 6 heteroatoms. The number of carbonyl (C=O) groups is 1. The molecular weight excluding hydrogens is 240 g/mol. The third-order valence-corrected chi connectivity index (χ3v) is 1.48. The fourth-order valence-corrected chi connectivity index (χ4v) is 0.600. The van der Waals surface area contributed by atoms with Crippen LogP contribution in [0.15, 0.2) is 12.2 Å². The van der Waals surface area contributed by atoms with Gasteiger partial charge in [-0.25, -0.2) is 4.79 Å². The molecule has 0 aromatic rings. The Morgan fingerprint density at radius 3 is 2.17 bits per heavy atom. The maximum absolute atomic E-state index is 9.60. The second-order valence-corrected chi connectivity index (χ2v) is 4.07. The highest BCUT2D eigenvalue weighted by atomic mass is 16.6. The molecule has 0 heterocycles. The molecule has 0 aromatic carbocycles. The maximum Gasteiger partial charge on any atom is 0.330 e. The molecule has 0 amide bonds. The molecule has 0 saturated carbocycles. The summed E-state index contributed by atoms with van der Waals surface area (Å²) in [6.45, 7) is 9.45. The first kappa shape index (κ1) is 19.4. The van der Waals surface area contributed by atoms with Gasteiger partial charge in [0, 0.05) is 5.57 Å². The van der Waals surface area contributed by atoms with Gasteiger partial charge in [0.25, 0.3) is 0 Å². The summed E-state index contributed by atoms with van der Waals surface area (Å²) in [6, 6.07) is 0. The van der Waals surface area contributed by atoms with Crippen molar-refractivity contribution in [2.45, 2.75) is 27.1 Å². The van der Waals surface area contributed by atoms with Gasteiger partial charge in [0.2, 0.25) is 0 Å². The Morgan fingerprint density at radius 2 is 1.83 bits per heavy atom. The van der Waals surface area contributed by atoms with Crippen LogP contribution in [0, 0.1) is 5.92 Å². The highest BCUT2D eigenvalue weighted by Crippen LogP contribution is 1.96. The minimum absolute atomic E-state index is 0.0309. The van der Waals surface area contributed by atoms with Crippen LogP contribution in [0.1, 0.15) is 20.8 Å². The Morgan fingerprint density at radius 1 is 1.33 bits per heavy atom. The minimum atomic E-state index is -0.935. The van der Waals surface area contributed by atoms with Gasteiger partial charge in [-0.3, -0.25) is 0 Å². The first-order valence-electron chi connectivity index (χ1n) is 5.68. The van der Waals surface area contributed by atoms with E-state index < -0.39 is 12.3 Å². The lowest BCUT2D eigenvalue weighted by Gasteiger charge is -2.13. The van der Waals surface area contributed by atoms with Gasteiger partial charge in [0.05, 0.1) is 26.4 Å². The Labute approximate surface area is 108 Å². The highest BCUT2D eigenvalue weighted by Gasteiger charge is 2.04. The van der Waals surface area contributed by atoms with E-state index in [9.17, 15) is 4.79 Å². The van der Waals surface area contributed by atoms with Gasteiger partial charge < -0.3 is 24.8 Å². The predicted molar refractivity (Wildman–Crippen MR) is 67.2 cm³/mol. The summed E-state index contributed by atoms with van der Waals surface area (Å²) < 4.78 is 9.85. The standard InChI is InChI=1S/C8H18O4.C4H6O2/c1-7(2)5-12-8(10)6-11-4-3-9;1-3(2)4(5)6/h7-10H,3-6H2,1-2H3;1H2,2H3,(H,5,6). The topological polar surface area (TPSA) is 96.2 Å². The number of carboxylic acids is 1. The fourth-order valence-electron chi connectivity index (χ4n) is 0.600. The predicted octanol–water partition coefficient (Wildman–Crippen LogP) is 0.633. The van der Waals surface area contributed by atoms with E-state index in [-0.39, 0.29) is 25.4 Å². The van der Waals surface area contributed by atoms with Crippen LogP contribution in [0.5, 0.6) is 0 Å². The minimum Gasteiger partial charge on any atom is -0.478 e. The van der Waals surface area contributed by atoms with Gasteiger partial charge in [0.1, 0.15) is 0 Å². The summed E-state index contributed by atoms with van der Waals surface area (Å²) in [7, 11) is 0. The van der Waals surface area contributed by atoms with Crippen LogP contribution in [0.2, 0.25) is 0 Å². The van der Waals surface area contributed by atoms with Crippen molar-refractivity contribution in [1.82, 2.24) is 0 Å². The molecule has 108 valence electrons. The van der Waals surface area contributed by atoms with E-state index in [0.29, 0.717) is 12.5 Å². The molecule has 1 atom stereocenters. The van der Waals surface area contributed by atoms with Crippen LogP contribution in [-0.2, 0) is 14.3 Å². The lowest BCUT2D eigenvalue weighted by Crippen LogP contribution is -2.22. The average Bonchev–Trinajstić information content (AvgIpc) is 2.27. The van der Waals surface area contributed by atoms with Crippen molar-refractivity contribution in [1.29, 1.82) is 0 Å². The molecule has 0 spiro atoms. The molecule has 1 unspecified atom stereocenters. The van der Waals surface area contributed by atoms with E-state index in [4.69, 9.17) is 24.8 Å². The lowest BCUT2D eigenvalue weighted by atomic mass is 10.2. The third kappa shape index (κ3) is 17.4. The Kier molecular flexibility index (Phi) is 13.5. The Hall–Kier alpha value is -0.950. The quantitative estimate of drug-likeness (QED) is 0.338. The third-order valence-electron chi connectivity index (χ3n) is 1.48. The molecule has 18 heavy (non-hydrogen) atoms. The second-order valence-electron chi connectivity index (χ2n) is 4.07. The van der Waals surface area contributed by atoms with Crippen LogP contribution in [0.25, 0.3) is 0 Å². The van der Waals surface area contributed by atoms with E-state index in [2.05, 4.69) is 6.58 Å². The van der Waals surface area contributed by atoms with E-state index in [1.165, 1.54) is 6.92 Å². The number of hydrogen-bond donors (Lipinski definition) is 3. The summed E-state index contributed by atoms with van der Waals surface area (Å²) >= 11 is 0. The zero-order chi connectivity index (χ0) is 14.6. The molecule has 0 saturated heterocycles. The van der Waals surface area contributed by atoms with Crippen LogP contribution >= 0.6 is 0 Å². The molecule has 0 rings (SSSR count). The van der Waals surface area contributed by atoms with E-state index in [0.717, 1.165) is 0 Å². The van der Waals surface area contributed by atoms with Crippen molar-refractivity contribution in [2.24, 2.45) is 5.92 Å². The van der Waals surface area contributed by atoms with Crippen LogP contribution in [-0.4, -0.2) is 54.0 Å². The summed E-state index contributed by atoms with van der Waals surface area (Å²) in [4.78, 5) is 9.60. The monoisotopic (exact) mass is 264 g/mol. The van der Waals surface area contributed by atoms with Crippen LogP contribution < -0.4 is 0 Å². The average molecular weight is 264 g/mol. The molecule has 6 nitrogen and oxygen atoms in total. The van der Waals surface area contributed by atoms with Crippen molar-refractivity contribution in [2.75, 3.05) is 26.4 Å². The van der Waals surface area contributed by atoms with Gasteiger partial charge >= 0.3 is 5.97 Å². The number of aliphatic carboxylic acids is 1. The highest BCUT2D eigenvalue weighted by molar-refractivity contribution is 5.84. The van der Waals surface area contributed by atoms with Crippen molar-refractivity contribution < 1.29 is 29.6 Å². The smallest absolute Gasteiger partial charge is 0.330 e. The van der Waals surface area contributed by atoms with Gasteiger partial charge in [-0.2, -0.15) is 0 Å². The van der Waals surface area contributed by atoms with Gasteiger partial charge in [-0.1, -0.05) is 20.4 Å². The second kappa shape index (κ2) is 12.5. The lowest BCUT2D eigenvalue weighted by molar-refractivity contribution is -0.145. The van der Waals surface area contributed by atoms with Crippen molar-refractivity contribution in [3.8, 4) is 0 Å². The molecule has 0 radical (unpaired) electrons. The molecule has 0 aromatic heterocycles. The number of hydrogen-bond acceptors (Lipinski definition) is 5. The molecular formula is C12H24O6. The van der Waals surface area contributed by atoms with E-state index in [1.807, 2.05) is 13.8 Å². The van der Waals surface area contributed by atoms with E-state index in [1.54, 1.807) is 0 Å². The fraction of sp³-hybridized carbons (Fsp3) is 0.750. The van der Waals surface area contributed by atoms with Crippen LogP contribution in [0.4, 0.5) is 0 Å². The summed E-state index contributed by atoms with van der Waals surface area (Å²) in [5.74, 6) is -0.535. The molecule has 0 aliphatic carbocycles. The molecule has 0 aliphatic rings. The molecule has 3 N–H and O–H groups in total. The first-order chi connectivity index (χ1) is 8.31. The number of rotatable bonds is 8. The normalized spacial score (nSPS) is 11.7. The largest absolute Gasteiger partial charge is 0.478 e. The molecule has 0 bridgehead atoms. The van der Waals surface area contributed by atoms with Crippen molar-refractivity contribution >= 4 is 5.97 Å². The summed E-state index contributed by atoms with van der Waals surface area (Å²) in [6.07, 6.45) is -0.876. The van der Waals surface area contributed by atoms with Gasteiger partial charge in [-0.05, 0) is 12.8 Å². The maximum atomic E-state index is 9.60. The van der Waals surface area contributed by atoms with Crippen molar-refractivity contribution in [3.63, 3.8) is 0 Å². The Bertz CT molecular complexity index is 215. The van der Waals surface area contributed by atoms with Crippen molar-refractivity contribution in [3.05, 3.63) is 12.2 Å². The number of carboxylic acid groups (broad SMARTS) is 1. The van der Waals surface area contributed by atoms with Gasteiger partial charge in [-0.15, -0.1) is 0 Å².